The van der Waals surface area contributed by atoms with Gasteiger partial charge in [-0.1, -0.05) is 17.7 Å². The molecule has 2 saturated heterocycles. The Morgan fingerprint density at radius 3 is 2.43 bits per heavy atom. The van der Waals surface area contributed by atoms with Crippen LogP contribution in [0.4, 0.5) is 0 Å². The zero-order valence-electron chi connectivity index (χ0n) is 33.5. The van der Waals surface area contributed by atoms with Crippen LogP contribution in [0.25, 0.3) is 10.9 Å². The predicted octanol–water partition coefficient (Wildman–Crippen LogP) is 6.82. The number of carbonyl (C=O) groups is 1. The molecule has 3 unspecified atom stereocenters. The summed E-state index contributed by atoms with van der Waals surface area (Å²) in [5.41, 5.74) is 12.2. The van der Waals surface area contributed by atoms with Crippen molar-refractivity contribution in [3.8, 4) is 11.5 Å². The lowest BCUT2D eigenvalue weighted by Gasteiger charge is -2.73. The van der Waals surface area contributed by atoms with E-state index in [4.69, 9.17) is 14.2 Å². The minimum atomic E-state index is -1.06. The van der Waals surface area contributed by atoms with E-state index in [9.17, 15) is 5.11 Å². The molecule has 2 fully saturated rings. The lowest BCUT2D eigenvalue weighted by atomic mass is 9.55. The smallest absolute Gasteiger partial charge is 0.332 e. The molecule has 54 heavy (non-hydrogen) atoms. The molecule has 1 spiro atoms. The first-order valence-electron chi connectivity index (χ1n) is 19.9. The fraction of sp³-hybridized carbons (Fsp3) is 0.533. The van der Waals surface area contributed by atoms with Crippen LogP contribution in [0, 0.1) is 41.5 Å². The van der Waals surface area contributed by atoms with Crippen LogP contribution in [-0.2, 0) is 33.5 Å². The number of hydrogen-bond acceptors (Lipinski definition) is 8. The number of esters is 1. The maximum Gasteiger partial charge on any atom is 0.332 e. The highest BCUT2D eigenvalue weighted by Crippen LogP contribution is 2.67. The SMILES string of the molecule is Cc1ccc2[nH]c3c(c2c1)CCNC31CC[C@@H]2c3c(C)c(C)c4c(c3[C@](C)(COC1=O)N1C(O)[C@]3(C)Cc5cc(C)c(C)c(C)c5[C@@H](N3C)C21C)OCO4. The Hall–Kier alpha value is -3.89. The van der Waals surface area contributed by atoms with Gasteiger partial charge < -0.3 is 24.3 Å². The van der Waals surface area contributed by atoms with Crippen molar-refractivity contribution < 1.29 is 24.1 Å². The van der Waals surface area contributed by atoms with Crippen LogP contribution >= 0.6 is 0 Å². The summed E-state index contributed by atoms with van der Waals surface area (Å²) in [6.45, 7) is 20.9. The number of nitrogens with zero attached hydrogens (tertiary/aromatic N) is 2. The summed E-state index contributed by atoms with van der Waals surface area (Å²) in [5, 5.41) is 18.1. The number of rotatable bonds is 0. The van der Waals surface area contributed by atoms with E-state index in [1.165, 1.54) is 55.5 Å². The molecular weight excluding hydrogens is 677 g/mol. The van der Waals surface area contributed by atoms with Gasteiger partial charge in [-0.3, -0.25) is 15.1 Å². The summed E-state index contributed by atoms with van der Waals surface area (Å²) in [5.74, 6) is 1.11. The summed E-state index contributed by atoms with van der Waals surface area (Å²) >= 11 is 0. The predicted molar refractivity (Wildman–Crippen MR) is 208 cm³/mol. The largest absolute Gasteiger partial charge is 0.462 e. The van der Waals surface area contributed by atoms with Crippen molar-refractivity contribution in [2.45, 2.75) is 128 Å². The van der Waals surface area contributed by atoms with Crippen LogP contribution < -0.4 is 14.8 Å². The highest BCUT2D eigenvalue weighted by atomic mass is 16.7. The number of hydrogen-bond donors (Lipinski definition) is 3. The molecule has 7 aliphatic heterocycles. The number of benzene rings is 3. The average molecular weight is 731 g/mol. The number of ether oxygens (including phenoxy) is 3. The average Bonchev–Trinajstić information content (AvgIpc) is 3.77. The van der Waals surface area contributed by atoms with Gasteiger partial charge in [0.15, 0.2) is 17.0 Å². The van der Waals surface area contributed by atoms with Crippen molar-refractivity contribution in [1.82, 2.24) is 20.1 Å². The molecule has 0 amide bonds. The lowest BCUT2D eigenvalue weighted by molar-refractivity contribution is -0.277. The van der Waals surface area contributed by atoms with Crippen molar-refractivity contribution >= 4 is 16.9 Å². The lowest BCUT2D eigenvalue weighted by Crippen LogP contribution is -2.82. The van der Waals surface area contributed by atoms with Crippen molar-refractivity contribution in [1.29, 1.82) is 0 Å². The molecule has 0 radical (unpaired) electrons. The van der Waals surface area contributed by atoms with Gasteiger partial charge in [0.05, 0.1) is 22.8 Å². The molecule has 7 atom stereocenters. The molecule has 7 aliphatic rings. The molecule has 284 valence electrons. The first-order chi connectivity index (χ1) is 25.6. The Balaban J connectivity index is 1.27. The number of aliphatic hydroxyl groups is 1. The molecule has 4 bridgehead atoms. The number of fused-ring (bicyclic) bond motifs is 11. The molecule has 9 heteroatoms. The fourth-order valence-corrected chi connectivity index (χ4v) is 12.5. The third kappa shape index (κ3) is 3.92. The zero-order chi connectivity index (χ0) is 38.0. The molecule has 0 saturated carbocycles. The van der Waals surface area contributed by atoms with E-state index in [2.05, 4.69) is 114 Å². The second kappa shape index (κ2) is 10.9. The van der Waals surface area contributed by atoms with E-state index in [0.717, 1.165) is 40.3 Å². The van der Waals surface area contributed by atoms with E-state index in [1.54, 1.807) is 0 Å². The van der Waals surface area contributed by atoms with Crippen LogP contribution in [0.15, 0.2) is 24.3 Å². The Morgan fingerprint density at radius 2 is 1.65 bits per heavy atom. The number of carbonyl (C=O) groups excluding carboxylic acids is 1. The number of piperazine rings is 1. The highest BCUT2D eigenvalue weighted by molar-refractivity contribution is 5.91. The van der Waals surface area contributed by atoms with Gasteiger partial charge in [-0.15, -0.1) is 0 Å². The highest BCUT2D eigenvalue weighted by Gasteiger charge is 2.71. The molecule has 3 N–H and O–H groups in total. The second-order valence-corrected chi connectivity index (χ2v) is 18.2. The van der Waals surface area contributed by atoms with Crippen LogP contribution in [-0.4, -0.2) is 70.2 Å². The Bertz CT molecular complexity index is 2350. The molecule has 1 aromatic heterocycles. The Kier molecular flexibility index (Phi) is 6.98. The molecule has 4 aromatic rings. The zero-order valence-corrected chi connectivity index (χ0v) is 33.5. The van der Waals surface area contributed by atoms with Gasteiger partial charge in [0.2, 0.25) is 6.79 Å². The minimum Gasteiger partial charge on any atom is -0.462 e. The summed E-state index contributed by atoms with van der Waals surface area (Å²) < 4.78 is 19.4. The topological polar surface area (TPSA) is 99.3 Å². The van der Waals surface area contributed by atoms with Crippen molar-refractivity contribution in [2.24, 2.45) is 0 Å². The number of H-pyrrole nitrogens is 1. The number of nitrogens with one attached hydrogen (secondary N) is 2. The first-order valence-corrected chi connectivity index (χ1v) is 19.9. The summed E-state index contributed by atoms with van der Waals surface area (Å²) in [7, 11) is 2.23. The summed E-state index contributed by atoms with van der Waals surface area (Å²) in [6.07, 6.45) is 1.84. The van der Waals surface area contributed by atoms with Crippen LogP contribution in [0.1, 0.15) is 112 Å². The maximum atomic E-state index is 15.1. The fourth-order valence-electron chi connectivity index (χ4n) is 12.5. The normalized spacial score (nSPS) is 34.1. The molecule has 9 nitrogen and oxygen atoms in total. The van der Waals surface area contributed by atoms with Crippen LogP contribution in [0.3, 0.4) is 0 Å². The third-order valence-electron chi connectivity index (χ3n) is 15.7. The molecule has 8 heterocycles. The van der Waals surface area contributed by atoms with Gasteiger partial charge in [0.25, 0.3) is 0 Å². The van der Waals surface area contributed by atoms with E-state index in [-0.39, 0.29) is 31.3 Å². The van der Waals surface area contributed by atoms with Crippen molar-refractivity contribution in [3.05, 3.63) is 91.2 Å². The summed E-state index contributed by atoms with van der Waals surface area (Å²) in [6, 6.07) is 8.82. The Labute approximate surface area is 318 Å². The number of aliphatic hydroxyl groups excluding tert-OH is 1. The Morgan fingerprint density at radius 1 is 0.907 bits per heavy atom. The van der Waals surface area contributed by atoms with E-state index >= 15 is 4.79 Å². The van der Waals surface area contributed by atoms with Gasteiger partial charge in [-0.25, -0.2) is 4.79 Å². The molecule has 0 aliphatic carbocycles. The molecular formula is C45H54N4O5. The number of aromatic nitrogens is 1. The van der Waals surface area contributed by atoms with Crippen molar-refractivity contribution in [2.75, 3.05) is 27.0 Å². The third-order valence-corrected chi connectivity index (χ3v) is 15.7. The van der Waals surface area contributed by atoms with E-state index < -0.39 is 28.4 Å². The van der Waals surface area contributed by atoms with Crippen LogP contribution in [0.2, 0.25) is 0 Å². The van der Waals surface area contributed by atoms with Crippen LogP contribution in [0.5, 0.6) is 11.5 Å². The minimum absolute atomic E-state index is 0.0416. The van der Waals surface area contributed by atoms with Gasteiger partial charge in [0, 0.05) is 34.5 Å². The first kappa shape index (κ1) is 34.6. The van der Waals surface area contributed by atoms with Gasteiger partial charge in [-0.05, 0) is 157 Å². The number of aryl methyl sites for hydroxylation is 2. The van der Waals surface area contributed by atoms with E-state index in [0.29, 0.717) is 25.8 Å². The standard InChI is InChI=1S/C45H54N4O5/c1-22-11-12-32-30(17-22)29-14-16-46-45(38(29)47-32)15-13-31-34-26(5)27(6)36-37(54-21-53-36)35(34)43(8,20-52-41(45)51)49-40(50)42(7)19-28-18-23(2)24(3)25(4)33(28)39(48(42)10)44(31,49)9/h11-12,17-18,31,39-40,46-47,50H,13-16,19-21H2,1-10H3/t31-,39-,40?,42+,43+,44?,45?/m1/s1. The monoisotopic (exact) mass is 730 g/mol. The molecule has 3 aromatic carbocycles. The van der Waals surface area contributed by atoms with Crippen molar-refractivity contribution in [3.63, 3.8) is 0 Å². The van der Waals surface area contributed by atoms with Gasteiger partial charge in [-0.2, -0.15) is 0 Å². The molecule has 11 rings (SSSR count). The number of aromatic amines is 1. The number of likely N-dealkylation sites (N-methyl/N-ethyl adjacent to an activating group) is 1. The quantitative estimate of drug-likeness (QED) is 0.170. The summed E-state index contributed by atoms with van der Waals surface area (Å²) in [4.78, 5) is 23.7. The van der Waals surface area contributed by atoms with Gasteiger partial charge in [0.1, 0.15) is 12.8 Å². The maximum absolute atomic E-state index is 15.1. The van der Waals surface area contributed by atoms with Gasteiger partial charge >= 0.3 is 5.97 Å². The van der Waals surface area contributed by atoms with E-state index in [1.807, 2.05) is 0 Å². The second-order valence-electron chi connectivity index (χ2n) is 18.2.